The largest absolute Gasteiger partial charge is 0.393 e. The molecule has 5 heteroatoms. The summed E-state index contributed by atoms with van der Waals surface area (Å²) in [5.74, 6) is -0.258. The van der Waals surface area contributed by atoms with E-state index in [9.17, 15) is 14.3 Å². The smallest absolute Gasteiger partial charge is 0.315 e. The van der Waals surface area contributed by atoms with Crippen LogP contribution in [-0.2, 0) is 6.54 Å². The van der Waals surface area contributed by atoms with Crippen LogP contribution in [0.3, 0.4) is 0 Å². The zero-order chi connectivity index (χ0) is 14.5. The lowest BCUT2D eigenvalue weighted by Crippen LogP contribution is -2.43. The molecule has 3 N–H and O–H groups in total. The van der Waals surface area contributed by atoms with Crippen LogP contribution in [0.2, 0.25) is 0 Å². The van der Waals surface area contributed by atoms with Crippen LogP contribution in [0.1, 0.15) is 36.8 Å². The van der Waals surface area contributed by atoms with E-state index in [-0.39, 0.29) is 24.0 Å². The Morgan fingerprint density at radius 3 is 2.70 bits per heavy atom. The Morgan fingerprint density at radius 2 is 2.05 bits per heavy atom. The molecule has 1 aliphatic rings. The molecule has 0 aromatic heterocycles. The number of aliphatic hydroxyl groups is 1. The first-order valence-electron chi connectivity index (χ1n) is 7.02. The fourth-order valence-corrected chi connectivity index (χ4v) is 2.39. The molecule has 1 aromatic rings. The fraction of sp³-hybridized carbons (Fsp3) is 0.533. The number of urea groups is 1. The Hall–Kier alpha value is -1.62. The Bertz CT molecular complexity index is 471. The molecular weight excluding hydrogens is 259 g/mol. The maximum absolute atomic E-state index is 13.4. The van der Waals surface area contributed by atoms with Crippen molar-refractivity contribution in [3.8, 4) is 0 Å². The second-order valence-corrected chi connectivity index (χ2v) is 5.42. The lowest BCUT2D eigenvalue weighted by molar-refractivity contribution is 0.117. The van der Waals surface area contributed by atoms with Crippen LogP contribution >= 0.6 is 0 Å². The molecule has 0 heterocycles. The molecule has 0 atom stereocenters. The highest BCUT2D eigenvalue weighted by molar-refractivity contribution is 5.74. The Morgan fingerprint density at radius 1 is 1.35 bits per heavy atom. The lowest BCUT2D eigenvalue weighted by Gasteiger charge is -2.26. The van der Waals surface area contributed by atoms with Crippen molar-refractivity contribution in [1.82, 2.24) is 10.6 Å². The summed E-state index contributed by atoms with van der Waals surface area (Å²) in [6.45, 7) is 2.01. The van der Waals surface area contributed by atoms with Gasteiger partial charge in [-0.3, -0.25) is 0 Å². The van der Waals surface area contributed by atoms with Gasteiger partial charge in [-0.05, 0) is 49.8 Å². The predicted molar refractivity (Wildman–Crippen MR) is 74.8 cm³/mol. The summed E-state index contributed by atoms with van der Waals surface area (Å²) < 4.78 is 13.4. The number of hydrogen-bond acceptors (Lipinski definition) is 2. The third kappa shape index (κ3) is 4.20. The van der Waals surface area contributed by atoms with Gasteiger partial charge in [-0.1, -0.05) is 12.1 Å². The summed E-state index contributed by atoms with van der Waals surface area (Å²) in [6.07, 6.45) is 2.83. The van der Waals surface area contributed by atoms with Crippen LogP contribution in [0.25, 0.3) is 0 Å². The fourth-order valence-electron chi connectivity index (χ4n) is 2.39. The minimum absolute atomic E-state index is 0.119. The molecule has 0 unspecified atom stereocenters. The summed E-state index contributed by atoms with van der Waals surface area (Å²) in [5.41, 5.74) is 1.33. The van der Waals surface area contributed by atoms with E-state index in [1.165, 1.54) is 6.07 Å². The minimum atomic E-state index is -0.258. The number of nitrogens with one attached hydrogen (secondary N) is 2. The molecule has 1 aliphatic carbocycles. The topological polar surface area (TPSA) is 61.4 Å². The summed E-state index contributed by atoms with van der Waals surface area (Å²) in [7, 11) is 0. The van der Waals surface area contributed by atoms with Crippen LogP contribution in [0.4, 0.5) is 9.18 Å². The number of aryl methyl sites for hydroxylation is 1. The van der Waals surface area contributed by atoms with E-state index in [2.05, 4.69) is 10.6 Å². The molecule has 4 nitrogen and oxygen atoms in total. The van der Waals surface area contributed by atoms with E-state index in [0.29, 0.717) is 12.1 Å². The zero-order valence-electron chi connectivity index (χ0n) is 11.7. The van der Waals surface area contributed by atoms with Crippen molar-refractivity contribution in [3.05, 3.63) is 35.1 Å². The summed E-state index contributed by atoms with van der Waals surface area (Å²) in [6, 6.07) is 4.81. The van der Waals surface area contributed by atoms with Gasteiger partial charge in [0, 0.05) is 12.6 Å². The normalized spacial score (nSPS) is 22.4. The number of benzene rings is 1. The van der Waals surface area contributed by atoms with E-state index < -0.39 is 0 Å². The SMILES string of the molecule is Cc1ccc(CNC(=O)NC2CCC(O)CC2)cc1F. The average Bonchev–Trinajstić information content (AvgIpc) is 2.43. The molecule has 1 fully saturated rings. The minimum Gasteiger partial charge on any atom is -0.393 e. The van der Waals surface area contributed by atoms with Crippen molar-refractivity contribution >= 4 is 6.03 Å². The summed E-state index contributed by atoms with van der Waals surface area (Å²) in [4.78, 5) is 11.7. The third-order valence-electron chi connectivity index (χ3n) is 3.72. The summed E-state index contributed by atoms with van der Waals surface area (Å²) in [5, 5.41) is 15.0. The van der Waals surface area contributed by atoms with Gasteiger partial charge in [0.05, 0.1) is 6.10 Å². The number of amides is 2. The third-order valence-corrected chi connectivity index (χ3v) is 3.72. The monoisotopic (exact) mass is 280 g/mol. The molecular formula is C15H21FN2O2. The van der Waals surface area contributed by atoms with Crippen molar-refractivity contribution < 1.29 is 14.3 Å². The van der Waals surface area contributed by atoms with Gasteiger partial charge in [0.1, 0.15) is 5.82 Å². The first-order chi connectivity index (χ1) is 9.54. The van der Waals surface area contributed by atoms with Gasteiger partial charge < -0.3 is 15.7 Å². The first kappa shape index (κ1) is 14.8. The van der Waals surface area contributed by atoms with Crippen molar-refractivity contribution in [2.75, 3.05) is 0 Å². The number of halogens is 1. The standard InChI is InChI=1S/C15H21FN2O2/c1-10-2-3-11(8-14(10)16)9-17-15(20)18-12-4-6-13(19)7-5-12/h2-3,8,12-13,19H,4-7,9H2,1H3,(H2,17,18,20). The molecule has 0 saturated heterocycles. The highest BCUT2D eigenvalue weighted by atomic mass is 19.1. The van der Waals surface area contributed by atoms with Crippen molar-refractivity contribution in [2.45, 2.75) is 51.3 Å². The maximum Gasteiger partial charge on any atom is 0.315 e. The van der Waals surface area contributed by atoms with Crippen LogP contribution in [0.5, 0.6) is 0 Å². The second kappa shape index (κ2) is 6.70. The number of carbonyl (C=O) groups is 1. The molecule has 0 radical (unpaired) electrons. The van der Waals surface area contributed by atoms with Crippen LogP contribution < -0.4 is 10.6 Å². The predicted octanol–water partition coefficient (Wildman–Crippen LogP) is 2.24. The molecule has 20 heavy (non-hydrogen) atoms. The number of rotatable bonds is 3. The number of carbonyl (C=O) groups excluding carboxylic acids is 1. The Kier molecular flexibility index (Phi) is 4.95. The maximum atomic E-state index is 13.4. The van der Waals surface area contributed by atoms with Crippen LogP contribution in [-0.4, -0.2) is 23.3 Å². The lowest BCUT2D eigenvalue weighted by atomic mass is 9.93. The molecule has 0 aliphatic heterocycles. The Labute approximate surface area is 118 Å². The number of hydrogen-bond donors (Lipinski definition) is 3. The molecule has 2 amide bonds. The van der Waals surface area contributed by atoms with Gasteiger partial charge in [-0.2, -0.15) is 0 Å². The van der Waals surface area contributed by atoms with Gasteiger partial charge in [-0.15, -0.1) is 0 Å². The van der Waals surface area contributed by atoms with E-state index in [0.717, 1.165) is 31.2 Å². The second-order valence-electron chi connectivity index (χ2n) is 5.42. The summed E-state index contributed by atoms with van der Waals surface area (Å²) >= 11 is 0. The molecule has 0 bridgehead atoms. The van der Waals surface area contributed by atoms with Crippen molar-refractivity contribution in [3.63, 3.8) is 0 Å². The van der Waals surface area contributed by atoms with Gasteiger partial charge in [0.25, 0.3) is 0 Å². The van der Waals surface area contributed by atoms with Gasteiger partial charge in [0.15, 0.2) is 0 Å². The van der Waals surface area contributed by atoms with E-state index >= 15 is 0 Å². The van der Waals surface area contributed by atoms with Crippen LogP contribution in [0, 0.1) is 12.7 Å². The first-order valence-corrected chi connectivity index (χ1v) is 7.02. The Balaban J connectivity index is 1.76. The van der Waals surface area contributed by atoms with Crippen molar-refractivity contribution in [1.29, 1.82) is 0 Å². The molecule has 2 rings (SSSR count). The molecule has 110 valence electrons. The van der Waals surface area contributed by atoms with Gasteiger partial charge in [-0.25, -0.2) is 9.18 Å². The van der Waals surface area contributed by atoms with Gasteiger partial charge in [0.2, 0.25) is 0 Å². The average molecular weight is 280 g/mol. The van der Waals surface area contributed by atoms with Crippen molar-refractivity contribution in [2.24, 2.45) is 0 Å². The van der Waals surface area contributed by atoms with E-state index in [4.69, 9.17) is 0 Å². The van der Waals surface area contributed by atoms with E-state index in [1.807, 2.05) is 0 Å². The highest BCUT2D eigenvalue weighted by Crippen LogP contribution is 2.18. The quantitative estimate of drug-likeness (QED) is 0.795. The van der Waals surface area contributed by atoms with Crippen LogP contribution in [0.15, 0.2) is 18.2 Å². The molecule has 1 aromatic carbocycles. The zero-order valence-corrected chi connectivity index (χ0v) is 11.7. The van der Waals surface area contributed by atoms with Gasteiger partial charge >= 0.3 is 6.03 Å². The van der Waals surface area contributed by atoms with E-state index in [1.54, 1.807) is 19.1 Å². The molecule has 0 spiro atoms. The number of aliphatic hydroxyl groups excluding tert-OH is 1. The highest BCUT2D eigenvalue weighted by Gasteiger charge is 2.20. The molecule has 1 saturated carbocycles.